The van der Waals surface area contributed by atoms with Crippen LogP contribution in [0.3, 0.4) is 0 Å². The van der Waals surface area contributed by atoms with E-state index in [-0.39, 0.29) is 18.0 Å². The summed E-state index contributed by atoms with van der Waals surface area (Å²) in [4.78, 5) is 21.7. The first kappa shape index (κ1) is 12.7. The first-order chi connectivity index (χ1) is 9.04. The van der Waals surface area contributed by atoms with E-state index in [9.17, 15) is 14.9 Å². The van der Waals surface area contributed by atoms with Gasteiger partial charge in [-0.3, -0.25) is 20.0 Å². The number of hydrogen-bond donors (Lipinski definition) is 2. The van der Waals surface area contributed by atoms with Crippen LogP contribution in [0.5, 0.6) is 0 Å². The Kier molecular flexibility index (Phi) is 3.56. The number of carbonyl (C=O) groups excluding carboxylic acids is 1. The average molecular weight is 260 g/mol. The number of H-pyrrole nitrogens is 1. The van der Waals surface area contributed by atoms with E-state index in [0.717, 1.165) is 5.69 Å². The van der Waals surface area contributed by atoms with Crippen molar-refractivity contribution < 1.29 is 9.72 Å². The Labute approximate surface area is 108 Å². The maximum absolute atomic E-state index is 11.7. The summed E-state index contributed by atoms with van der Waals surface area (Å²) in [5.74, 6) is 0.241. The minimum absolute atomic E-state index is 0.00656. The van der Waals surface area contributed by atoms with Crippen molar-refractivity contribution in [3.05, 3.63) is 51.7 Å². The lowest BCUT2D eigenvalue weighted by Gasteiger charge is -2.01. The van der Waals surface area contributed by atoms with Gasteiger partial charge in [-0.05, 0) is 12.5 Å². The molecule has 2 rings (SSSR count). The lowest BCUT2D eigenvalue weighted by Crippen LogP contribution is -2.14. The fourth-order valence-electron chi connectivity index (χ4n) is 1.59. The van der Waals surface area contributed by atoms with Gasteiger partial charge >= 0.3 is 0 Å². The molecular weight excluding hydrogens is 248 g/mol. The monoisotopic (exact) mass is 260 g/mol. The molecule has 0 spiro atoms. The highest BCUT2D eigenvalue weighted by Crippen LogP contribution is 2.13. The molecule has 0 aliphatic heterocycles. The number of aryl methyl sites for hydroxylation is 1. The standard InChI is InChI=1S/C12H12N4O3/c1-8-6-11(15-14-8)13-12(17)7-9-2-4-10(5-3-9)16(18)19/h2-6H,7H2,1H3,(H2,13,14,15,17). The van der Waals surface area contributed by atoms with E-state index in [1.807, 2.05) is 6.92 Å². The molecule has 19 heavy (non-hydrogen) atoms. The number of nitro groups is 1. The van der Waals surface area contributed by atoms with Crippen LogP contribution in [-0.4, -0.2) is 21.0 Å². The van der Waals surface area contributed by atoms with Crippen LogP contribution in [0.1, 0.15) is 11.3 Å². The van der Waals surface area contributed by atoms with Crippen LogP contribution in [0.25, 0.3) is 0 Å². The number of aromatic amines is 1. The van der Waals surface area contributed by atoms with E-state index in [0.29, 0.717) is 11.4 Å². The second-order valence-electron chi connectivity index (χ2n) is 4.08. The Bertz CT molecular complexity index is 604. The SMILES string of the molecule is Cc1cc(NC(=O)Cc2ccc([N+](=O)[O-])cc2)n[nH]1. The molecule has 0 atom stereocenters. The van der Waals surface area contributed by atoms with E-state index in [1.165, 1.54) is 12.1 Å². The number of nitro benzene ring substituents is 1. The third kappa shape index (κ3) is 3.38. The van der Waals surface area contributed by atoms with Crippen LogP contribution in [-0.2, 0) is 11.2 Å². The number of anilines is 1. The maximum Gasteiger partial charge on any atom is 0.269 e. The maximum atomic E-state index is 11.7. The average Bonchev–Trinajstić information content (AvgIpc) is 2.75. The number of aromatic nitrogens is 2. The molecule has 0 saturated carbocycles. The zero-order valence-electron chi connectivity index (χ0n) is 10.2. The molecule has 2 N–H and O–H groups in total. The number of nitrogens with zero attached hydrogens (tertiary/aromatic N) is 2. The molecule has 0 saturated heterocycles. The zero-order chi connectivity index (χ0) is 13.8. The van der Waals surface area contributed by atoms with Crippen LogP contribution in [0.2, 0.25) is 0 Å². The summed E-state index contributed by atoms with van der Waals surface area (Å²) in [7, 11) is 0. The molecule has 2 aromatic rings. The highest BCUT2D eigenvalue weighted by molar-refractivity contribution is 5.91. The van der Waals surface area contributed by atoms with Gasteiger partial charge in [0, 0.05) is 23.9 Å². The van der Waals surface area contributed by atoms with Gasteiger partial charge in [-0.15, -0.1) is 0 Å². The van der Waals surface area contributed by atoms with Crippen molar-refractivity contribution in [2.45, 2.75) is 13.3 Å². The van der Waals surface area contributed by atoms with Crippen molar-refractivity contribution >= 4 is 17.4 Å². The van der Waals surface area contributed by atoms with E-state index in [1.54, 1.807) is 18.2 Å². The van der Waals surface area contributed by atoms with Gasteiger partial charge in [0.05, 0.1) is 11.3 Å². The van der Waals surface area contributed by atoms with E-state index < -0.39 is 4.92 Å². The summed E-state index contributed by atoms with van der Waals surface area (Å²) in [6.45, 7) is 1.83. The zero-order valence-corrected chi connectivity index (χ0v) is 10.2. The number of carbonyl (C=O) groups is 1. The quantitative estimate of drug-likeness (QED) is 0.646. The molecule has 98 valence electrons. The van der Waals surface area contributed by atoms with Crippen LogP contribution in [0.15, 0.2) is 30.3 Å². The number of non-ortho nitro benzene ring substituents is 1. The largest absolute Gasteiger partial charge is 0.309 e. The normalized spacial score (nSPS) is 10.2. The Hall–Kier alpha value is -2.70. The molecule has 1 aromatic heterocycles. The number of benzene rings is 1. The summed E-state index contributed by atoms with van der Waals surface area (Å²) in [5.41, 5.74) is 1.56. The van der Waals surface area contributed by atoms with Crippen LogP contribution >= 0.6 is 0 Å². The van der Waals surface area contributed by atoms with E-state index >= 15 is 0 Å². The fourth-order valence-corrected chi connectivity index (χ4v) is 1.59. The molecular formula is C12H12N4O3. The summed E-state index contributed by atoms with van der Waals surface area (Å²) < 4.78 is 0. The number of amides is 1. The third-order valence-electron chi connectivity index (χ3n) is 2.49. The van der Waals surface area contributed by atoms with Crippen molar-refractivity contribution in [1.82, 2.24) is 10.2 Å². The number of hydrogen-bond acceptors (Lipinski definition) is 4. The van der Waals surface area contributed by atoms with Gasteiger partial charge in [0.1, 0.15) is 0 Å². The third-order valence-corrected chi connectivity index (χ3v) is 2.49. The highest BCUT2D eigenvalue weighted by atomic mass is 16.6. The second-order valence-corrected chi connectivity index (χ2v) is 4.08. The molecule has 7 nitrogen and oxygen atoms in total. The van der Waals surface area contributed by atoms with Gasteiger partial charge in [0.15, 0.2) is 5.82 Å². The van der Waals surface area contributed by atoms with E-state index in [2.05, 4.69) is 15.5 Å². The molecule has 7 heteroatoms. The molecule has 0 unspecified atom stereocenters. The number of rotatable bonds is 4. The second kappa shape index (κ2) is 5.30. The van der Waals surface area contributed by atoms with Crippen molar-refractivity contribution in [2.75, 3.05) is 5.32 Å². The lowest BCUT2D eigenvalue weighted by molar-refractivity contribution is -0.384. The molecule has 1 aromatic carbocycles. The molecule has 0 aliphatic carbocycles. The first-order valence-electron chi connectivity index (χ1n) is 5.60. The van der Waals surface area contributed by atoms with E-state index in [4.69, 9.17) is 0 Å². The van der Waals surface area contributed by atoms with Crippen LogP contribution in [0, 0.1) is 17.0 Å². The Morgan fingerprint density at radius 2 is 2.11 bits per heavy atom. The smallest absolute Gasteiger partial charge is 0.269 e. The van der Waals surface area contributed by atoms with Crippen molar-refractivity contribution in [2.24, 2.45) is 0 Å². The molecule has 0 bridgehead atoms. The molecule has 0 fully saturated rings. The summed E-state index contributed by atoms with van der Waals surface area (Å²) >= 11 is 0. The Morgan fingerprint density at radius 3 is 2.63 bits per heavy atom. The Balaban J connectivity index is 1.97. The van der Waals surface area contributed by atoms with Gasteiger partial charge in [-0.2, -0.15) is 5.10 Å². The van der Waals surface area contributed by atoms with Gasteiger partial charge in [-0.25, -0.2) is 0 Å². The van der Waals surface area contributed by atoms with Crippen LogP contribution in [0.4, 0.5) is 11.5 Å². The minimum Gasteiger partial charge on any atom is -0.309 e. The van der Waals surface area contributed by atoms with Crippen molar-refractivity contribution in [3.8, 4) is 0 Å². The summed E-state index contributed by atoms with van der Waals surface area (Å²) in [6, 6.07) is 7.59. The van der Waals surface area contributed by atoms with Crippen molar-refractivity contribution in [3.63, 3.8) is 0 Å². The molecule has 1 heterocycles. The fraction of sp³-hybridized carbons (Fsp3) is 0.167. The summed E-state index contributed by atoms with van der Waals surface area (Å²) in [6.07, 6.45) is 0.143. The van der Waals surface area contributed by atoms with Gasteiger partial charge in [-0.1, -0.05) is 12.1 Å². The summed E-state index contributed by atoms with van der Waals surface area (Å²) in [5, 5.41) is 19.7. The number of nitrogens with one attached hydrogen (secondary N) is 2. The van der Waals surface area contributed by atoms with Gasteiger partial charge < -0.3 is 5.32 Å². The highest BCUT2D eigenvalue weighted by Gasteiger charge is 2.08. The molecule has 0 radical (unpaired) electrons. The lowest BCUT2D eigenvalue weighted by atomic mass is 10.1. The predicted molar refractivity (Wildman–Crippen MR) is 68.8 cm³/mol. The minimum atomic E-state index is -0.476. The van der Waals surface area contributed by atoms with Gasteiger partial charge in [0.2, 0.25) is 5.91 Å². The predicted octanol–water partition coefficient (Wildman–Crippen LogP) is 1.81. The topological polar surface area (TPSA) is 101 Å². The van der Waals surface area contributed by atoms with Gasteiger partial charge in [0.25, 0.3) is 5.69 Å². The molecule has 1 amide bonds. The van der Waals surface area contributed by atoms with Crippen molar-refractivity contribution in [1.29, 1.82) is 0 Å². The molecule has 0 aliphatic rings. The van der Waals surface area contributed by atoms with Crippen LogP contribution < -0.4 is 5.32 Å². The first-order valence-corrected chi connectivity index (χ1v) is 5.60. The Morgan fingerprint density at radius 1 is 1.42 bits per heavy atom.